The van der Waals surface area contributed by atoms with Crippen molar-refractivity contribution >= 4 is 17.4 Å². The van der Waals surface area contributed by atoms with Crippen LogP contribution in [0.15, 0.2) is 65.8 Å². The smallest absolute Gasteiger partial charge is 0.294 e. The van der Waals surface area contributed by atoms with E-state index in [1.165, 1.54) is 23.3 Å². The zero-order valence-corrected chi connectivity index (χ0v) is 26.0. The highest BCUT2D eigenvalue weighted by Gasteiger charge is 2.38. The maximum absolute atomic E-state index is 11.3. The number of nitriles is 1. The number of aliphatic hydroxyl groups excluding tert-OH is 1. The van der Waals surface area contributed by atoms with E-state index in [1.807, 2.05) is 6.92 Å². The number of methoxy groups -OCH3 is 2. The fourth-order valence-electron chi connectivity index (χ4n) is 5.34. The van der Waals surface area contributed by atoms with E-state index < -0.39 is 17.4 Å². The molecular formula is C31H45NO6PS+. The van der Waals surface area contributed by atoms with Crippen LogP contribution in [0.5, 0.6) is 0 Å². The summed E-state index contributed by atoms with van der Waals surface area (Å²) in [5.41, 5.74) is 3.37. The molecule has 0 saturated heterocycles. The maximum Gasteiger partial charge on any atom is 0.294 e. The fraction of sp³-hybridized carbons (Fsp3) is 0.516. The van der Waals surface area contributed by atoms with Crippen molar-refractivity contribution in [3.8, 4) is 6.07 Å². The highest BCUT2D eigenvalue weighted by molar-refractivity contribution is 7.85. The van der Waals surface area contributed by atoms with Crippen LogP contribution in [0, 0.1) is 17.2 Å². The van der Waals surface area contributed by atoms with Gasteiger partial charge in [-0.1, -0.05) is 56.8 Å². The quantitative estimate of drug-likeness (QED) is 0.109. The number of allylic oxidation sites excluding steroid dienone is 1. The average molecular weight is 591 g/mol. The van der Waals surface area contributed by atoms with Gasteiger partial charge >= 0.3 is 0 Å². The molecule has 0 fully saturated rings. The Morgan fingerprint density at radius 1 is 1.00 bits per heavy atom. The minimum absolute atomic E-state index is 0.0672. The van der Waals surface area contributed by atoms with E-state index in [4.69, 9.17) is 9.47 Å². The van der Waals surface area contributed by atoms with Crippen LogP contribution in [-0.4, -0.2) is 64.0 Å². The van der Waals surface area contributed by atoms with Crippen molar-refractivity contribution in [2.45, 2.75) is 56.0 Å². The second-order valence-corrected chi connectivity index (χ2v) is 16.4. The number of rotatable bonds is 18. The number of hydrogen-bond donors (Lipinski definition) is 2. The van der Waals surface area contributed by atoms with Crippen LogP contribution >= 0.6 is 7.26 Å². The second kappa shape index (κ2) is 16.2. The van der Waals surface area contributed by atoms with Crippen molar-refractivity contribution in [2.24, 2.45) is 5.92 Å². The Labute approximate surface area is 241 Å². The van der Waals surface area contributed by atoms with Crippen LogP contribution < -0.4 is 0 Å². The summed E-state index contributed by atoms with van der Waals surface area (Å²) in [5.74, 6) is 0.372. The van der Waals surface area contributed by atoms with Gasteiger partial charge in [0.2, 0.25) is 0 Å². The Bertz CT molecular complexity index is 1200. The molecule has 0 heterocycles. The Morgan fingerprint density at radius 3 is 2.00 bits per heavy atom. The van der Waals surface area contributed by atoms with Crippen molar-refractivity contribution in [3.63, 3.8) is 0 Å². The van der Waals surface area contributed by atoms with E-state index in [9.17, 15) is 23.3 Å². The first kappa shape index (κ1) is 33.9. The van der Waals surface area contributed by atoms with Crippen molar-refractivity contribution in [1.82, 2.24) is 0 Å². The molecule has 9 heteroatoms. The van der Waals surface area contributed by atoms with Crippen LogP contribution in [0.2, 0.25) is 0 Å². The third kappa shape index (κ3) is 10.6. The molecule has 0 amide bonds. The predicted molar refractivity (Wildman–Crippen MR) is 163 cm³/mol. The van der Waals surface area contributed by atoms with E-state index in [-0.39, 0.29) is 28.4 Å². The molecule has 0 spiro atoms. The molecule has 0 bridgehead atoms. The summed E-state index contributed by atoms with van der Waals surface area (Å²) in [7, 11) is -2.45. The van der Waals surface area contributed by atoms with Gasteiger partial charge in [-0.2, -0.15) is 13.7 Å². The first-order valence-electron chi connectivity index (χ1n) is 13.7. The molecule has 2 aromatic rings. The van der Waals surface area contributed by atoms with E-state index in [0.29, 0.717) is 25.8 Å². The highest BCUT2D eigenvalue weighted by Crippen LogP contribution is 2.62. The predicted octanol–water partition coefficient (Wildman–Crippen LogP) is 7.03. The van der Waals surface area contributed by atoms with Gasteiger partial charge < -0.3 is 14.6 Å². The van der Waals surface area contributed by atoms with Crippen molar-refractivity contribution in [3.05, 3.63) is 77.6 Å². The lowest BCUT2D eigenvalue weighted by atomic mass is 9.82. The minimum Gasteiger partial charge on any atom is -0.509 e. The standard InChI is InChI=1S/C31H44NO6PS/c1-6-28(20-27(21-32)19-24(2)29-11-13-31(14-12-29)40(34,35)36)30-9-7-26(8-10-30)23-39(17-15-37-4,18-16-38-5)22-25(3)33/h7-14,24,27-28H,3,6,15-20,22-23H2,1-2,4-5H3,(H-,33,34,35,36)/p+1. The molecular weight excluding hydrogens is 545 g/mol. The number of nitrogens with zero attached hydrogens (tertiary/aromatic N) is 1. The van der Waals surface area contributed by atoms with Gasteiger partial charge in [-0.25, -0.2) is 0 Å². The lowest BCUT2D eigenvalue weighted by Gasteiger charge is -2.27. The van der Waals surface area contributed by atoms with Gasteiger partial charge in [-0.05, 0) is 59.9 Å². The summed E-state index contributed by atoms with van der Waals surface area (Å²) in [5, 5.41) is 20.0. The largest absolute Gasteiger partial charge is 0.509 e. The molecule has 0 radical (unpaired) electrons. The van der Waals surface area contributed by atoms with Crippen molar-refractivity contribution in [2.75, 3.05) is 45.9 Å². The van der Waals surface area contributed by atoms with Crippen LogP contribution in [0.1, 0.15) is 61.6 Å². The van der Waals surface area contributed by atoms with Gasteiger partial charge in [-0.15, -0.1) is 0 Å². The molecule has 7 nitrogen and oxygen atoms in total. The Balaban J connectivity index is 2.13. The van der Waals surface area contributed by atoms with Gasteiger partial charge in [0.25, 0.3) is 10.1 Å². The first-order valence-corrected chi connectivity index (χ1v) is 17.7. The molecule has 3 atom stereocenters. The zero-order chi connectivity index (χ0) is 29.8. The van der Waals surface area contributed by atoms with Crippen LogP contribution in [0.3, 0.4) is 0 Å². The Kier molecular flexibility index (Phi) is 13.8. The van der Waals surface area contributed by atoms with Gasteiger partial charge in [0, 0.05) is 27.4 Å². The Morgan fingerprint density at radius 2 is 1.55 bits per heavy atom. The molecule has 40 heavy (non-hydrogen) atoms. The minimum atomic E-state index is -4.23. The second-order valence-electron chi connectivity index (χ2n) is 10.7. The van der Waals surface area contributed by atoms with Gasteiger partial charge in [0.05, 0.1) is 42.7 Å². The molecule has 0 aliphatic carbocycles. The molecule has 0 aliphatic heterocycles. The third-order valence-corrected chi connectivity index (χ3v) is 12.9. The summed E-state index contributed by atoms with van der Waals surface area (Å²) in [6.45, 7) is 9.23. The molecule has 2 N–H and O–H groups in total. The van der Waals surface area contributed by atoms with Gasteiger partial charge in [0.15, 0.2) is 0 Å². The molecule has 220 valence electrons. The molecule has 2 rings (SSSR count). The van der Waals surface area contributed by atoms with Gasteiger partial charge in [0.1, 0.15) is 11.9 Å². The number of aliphatic hydroxyl groups is 1. The summed E-state index contributed by atoms with van der Waals surface area (Å²) in [6, 6.07) is 17.4. The average Bonchev–Trinajstić information content (AvgIpc) is 2.92. The summed E-state index contributed by atoms with van der Waals surface area (Å²) >= 11 is 0. The van der Waals surface area contributed by atoms with E-state index in [2.05, 4.69) is 43.8 Å². The molecule has 0 aromatic heterocycles. The van der Waals surface area contributed by atoms with Crippen LogP contribution in [0.25, 0.3) is 0 Å². The highest BCUT2D eigenvalue weighted by atomic mass is 32.2. The molecule has 0 aliphatic rings. The van der Waals surface area contributed by atoms with E-state index in [1.54, 1.807) is 26.4 Å². The Hall–Kier alpha value is -2.27. The summed E-state index contributed by atoms with van der Waals surface area (Å²) in [4.78, 5) is -0.132. The maximum atomic E-state index is 11.3. The van der Waals surface area contributed by atoms with Crippen LogP contribution in [-0.2, 0) is 25.8 Å². The molecule has 3 unspecified atom stereocenters. The van der Waals surface area contributed by atoms with E-state index >= 15 is 0 Å². The SMILES string of the molecule is C=C(O)C[P+](CCOC)(CCOC)Cc1ccc(C(CC)CC(C#N)CC(C)c2ccc(S(=O)(=O)O)cc2)cc1. The lowest BCUT2D eigenvalue weighted by Crippen LogP contribution is -2.18. The summed E-state index contributed by atoms with van der Waals surface area (Å²) < 4.78 is 42.7. The zero-order valence-electron chi connectivity index (χ0n) is 24.3. The van der Waals surface area contributed by atoms with Gasteiger partial charge in [-0.3, -0.25) is 4.55 Å². The number of ether oxygens (including phenoxy) is 2. The molecule has 2 aromatic carbocycles. The number of benzene rings is 2. The number of hydrogen-bond acceptors (Lipinski definition) is 6. The first-order chi connectivity index (χ1) is 19.0. The topological polar surface area (TPSA) is 117 Å². The monoisotopic (exact) mass is 590 g/mol. The fourth-order valence-corrected chi connectivity index (χ4v) is 9.69. The van der Waals surface area contributed by atoms with E-state index in [0.717, 1.165) is 36.9 Å². The normalized spacial score (nSPS) is 14.3. The van der Waals surface area contributed by atoms with Crippen molar-refractivity contribution < 1.29 is 27.6 Å². The molecule has 0 saturated carbocycles. The lowest BCUT2D eigenvalue weighted by molar-refractivity contribution is 0.212. The summed E-state index contributed by atoms with van der Waals surface area (Å²) in [6.07, 6.45) is 5.58. The van der Waals surface area contributed by atoms with Crippen molar-refractivity contribution in [1.29, 1.82) is 5.26 Å². The third-order valence-electron chi connectivity index (χ3n) is 7.66. The van der Waals surface area contributed by atoms with Crippen LogP contribution in [0.4, 0.5) is 0 Å².